The first-order chi connectivity index (χ1) is 10.4. The third-order valence-corrected chi connectivity index (χ3v) is 6.30. The van der Waals surface area contributed by atoms with Crippen molar-refractivity contribution in [1.29, 1.82) is 0 Å². The van der Waals surface area contributed by atoms with Gasteiger partial charge in [-0.1, -0.05) is 12.1 Å². The molecule has 120 valence electrons. The summed E-state index contributed by atoms with van der Waals surface area (Å²) in [5, 5.41) is 9.06. The van der Waals surface area contributed by atoms with Gasteiger partial charge in [-0.15, -0.1) is 0 Å². The molecule has 1 aromatic rings. The summed E-state index contributed by atoms with van der Waals surface area (Å²) in [5.74, 6) is 0.0360. The Kier molecular flexibility index (Phi) is 3.96. The fourth-order valence-electron chi connectivity index (χ4n) is 3.30. The normalized spacial score (nSPS) is 27.6. The zero-order valence-corrected chi connectivity index (χ0v) is 13.3. The van der Waals surface area contributed by atoms with E-state index >= 15 is 0 Å². The third-order valence-electron chi connectivity index (χ3n) is 4.60. The lowest BCUT2D eigenvalue weighted by molar-refractivity contribution is 0.0410. The number of nitrogens with zero attached hydrogens (tertiary/aromatic N) is 2. The van der Waals surface area contributed by atoms with Crippen LogP contribution in [0.2, 0.25) is 0 Å². The number of likely N-dealkylation sites (N-methyl/N-ethyl adjacent to an activating group) is 1. The molecule has 2 atom stereocenters. The number of hydrogen-bond acceptors (Lipinski definition) is 5. The summed E-state index contributed by atoms with van der Waals surface area (Å²) in [4.78, 5) is 16.4. The number of amides is 1. The second-order valence-electron chi connectivity index (χ2n) is 6.05. The molecule has 1 aromatic carbocycles. The van der Waals surface area contributed by atoms with Gasteiger partial charge in [-0.25, -0.2) is 8.42 Å². The summed E-state index contributed by atoms with van der Waals surface area (Å²) in [7, 11) is -1.18. The molecule has 1 N–H and O–H groups in total. The first-order valence-corrected chi connectivity index (χ1v) is 9.15. The summed E-state index contributed by atoms with van der Waals surface area (Å²) >= 11 is 0. The number of carbonyl (C=O) groups excluding carboxylic acids is 1. The van der Waals surface area contributed by atoms with Crippen molar-refractivity contribution in [2.75, 3.05) is 31.6 Å². The van der Waals surface area contributed by atoms with E-state index in [0.29, 0.717) is 18.7 Å². The number of fused-ring (bicyclic) bond motifs is 1. The highest BCUT2D eigenvalue weighted by Crippen LogP contribution is 2.27. The predicted octanol–water partition coefficient (Wildman–Crippen LogP) is -0.268. The van der Waals surface area contributed by atoms with Crippen molar-refractivity contribution < 1.29 is 18.3 Å². The number of aliphatic hydroxyl groups is 1. The molecule has 2 aliphatic heterocycles. The molecule has 0 aliphatic carbocycles. The van der Waals surface area contributed by atoms with Crippen LogP contribution in [0.5, 0.6) is 0 Å². The van der Waals surface area contributed by atoms with Gasteiger partial charge in [0.15, 0.2) is 9.84 Å². The number of benzene rings is 1. The summed E-state index contributed by atoms with van der Waals surface area (Å²) in [5.41, 5.74) is 1.28. The van der Waals surface area contributed by atoms with Gasteiger partial charge in [-0.05, 0) is 24.7 Å². The summed E-state index contributed by atoms with van der Waals surface area (Å²) in [6.45, 7) is 1.15. The minimum absolute atomic E-state index is 0.0441. The Morgan fingerprint density at radius 1 is 1.18 bits per heavy atom. The van der Waals surface area contributed by atoms with Gasteiger partial charge in [0.2, 0.25) is 0 Å². The number of aliphatic hydroxyl groups excluding tert-OH is 1. The largest absolute Gasteiger partial charge is 0.392 e. The van der Waals surface area contributed by atoms with Gasteiger partial charge in [0.05, 0.1) is 24.2 Å². The second-order valence-corrected chi connectivity index (χ2v) is 8.20. The van der Waals surface area contributed by atoms with E-state index in [1.54, 1.807) is 29.2 Å². The monoisotopic (exact) mass is 324 g/mol. The van der Waals surface area contributed by atoms with E-state index in [2.05, 4.69) is 0 Å². The Balaban J connectivity index is 1.85. The molecule has 2 heterocycles. The van der Waals surface area contributed by atoms with Gasteiger partial charge in [0.1, 0.15) is 0 Å². The van der Waals surface area contributed by atoms with E-state index in [1.165, 1.54) is 0 Å². The van der Waals surface area contributed by atoms with Crippen molar-refractivity contribution in [2.45, 2.75) is 18.7 Å². The highest BCUT2D eigenvalue weighted by Gasteiger charge is 2.46. The van der Waals surface area contributed by atoms with Crippen LogP contribution in [0.1, 0.15) is 15.9 Å². The predicted molar refractivity (Wildman–Crippen MR) is 82.3 cm³/mol. The molecule has 0 radical (unpaired) electrons. The van der Waals surface area contributed by atoms with Crippen molar-refractivity contribution in [3.05, 3.63) is 35.4 Å². The topological polar surface area (TPSA) is 77.9 Å². The molecule has 0 spiro atoms. The van der Waals surface area contributed by atoms with Crippen LogP contribution >= 0.6 is 0 Å². The average Bonchev–Trinajstić information content (AvgIpc) is 2.83. The number of rotatable bonds is 2. The standard InChI is InChI=1S/C15H20N2O4S/c1-16-6-7-17(14-10-22(20,21)9-13(14)16)15(19)12-4-2-11(8-18)3-5-12/h2-5,13-14,18H,6-10H2,1H3/t13-,14+/m0/s1. The van der Waals surface area contributed by atoms with E-state index in [9.17, 15) is 13.2 Å². The van der Waals surface area contributed by atoms with Crippen molar-refractivity contribution in [1.82, 2.24) is 9.80 Å². The molecule has 3 rings (SSSR count). The number of sulfone groups is 1. The zero-order valence-electron chi connectivity index (χ0n) is 12.5. The van der Waals surface area contributed by atoms with E-state index < -0.39 is 9.84 Å². The van der Waals surface area contributed by atoms with Crippen LogP contribution in [0.4, 0.5) is 0 Å². The van der Waals surface area contributed by atoms with E-state index in [1.807, 2.05) is 11.9 Å². The van der Waals surface area contributed by atoms with Gasteiger partial charge in [0.25, 0.3) is 5.91 Å². The van der Waals surface area contributed by atoms with Gasteiger partial charge < -0.3 is 10.0 Å². The maximum Gasteiger partial charge on any atom is 0.254 e. The smallest absolute Gasteiger partial charge is 0.254 e. The van der Waals surface area contributed by atoms with Crippen LogP contribution in [-0.4, -0.2) is 73.0 Å². The number of piperazine rings is 1. The van der Waals surface area contributed by atoms with Gasteiger partial charge >= 0.3 is 0 Å². The fourth-order valence-corrected chi connectivity index (χ4v) is 5.35. The maximum absolute atomic E-state index is 12.7. The number of hydrogen-bond donors (Lipinski definition) is 1. The van der Waals surface area contributed by atoms with Crippen LogP contribution < -0.4 is 0 Å². The molecular weight excluding hydrogens is 304 g/mol. The molecule has 2 aliphatic rings. The molecule has 7 heteroatoms. The Morgan fingerprint density at radius 3 is 2.45 bits per heavy atom. The summed E-state index contributed by atoms with van der Waals surface area (Å²) < 4.78 is 23.9. The third kappa shape index (κ3) is 2.76. The van der Waals surface area contributed by atoms with E-state index in [4.69, 9.17) is 5.11 Å². The molecule has 0 bridgehead atoms. The first-order valence-electron chi connectivity index (χ1n) is 7.33. The highest BCUT2D eigenvalue weighted by molar-refractivity contribution is 7.91. The van der Waals surface area contributed by atoms with Gasteiger partial charge in [-0.2, -0.15) is 0 Å². The van der Waals surface area contributed by atoms with Crippen LogP contribution in [0.25, 0.3) is 0 Å². The Bertz CT molecular complexity index is 671. The minimum Gasteiger partial charge on any atom is -0.392 e. The number of carbonyl (C=O) groups is 1. The van der Waals surface area contributed by atoms with Crippen molar-refractivity contribution in [3.8, 4) is 0 Å². The van der Waals surface area contributed by atoms with E-state index in [0.717, 1.165) is 5.56 Å². The Hall–Kier alpha value is -1.44. The molecular formula is C15H20N2O4S. The van der Waals surface area contributed by atoms with Crippen molar-refractivity contribution >= 4 is 15.7 Å². The van der Waals surface area contributed by atoms with Crippen molar-refractivity contribution in [3.63, 3.8) is 0 Å². The Morgan fingerprint density at radius 2 is 1.82 bits per heavy atom. The first kappa shape index (κ1) is 15.5. The lowest BCUT2D eigenvalue weighted by atomic mass is 10.0. The van der Waals surface area contributed by atoms with Crippen LogP contribution in [-0.2, 0) is 16.4 Å². The SMILES string of the molecule is CN1CCN(C(=O)c2ccc(CO)cc2)[C@@H]2CS(=O)(=O)C[C@@H]21. The zero-order chi connectivity index (χ0) is 15.9. The van der Waals surface area contributed by atoms with E-state index in [-0.39, 0.29) is 36.1 Å². The lowest BCUT2D eigenvalue weighted by Gasteiger charge is -2.42. The van der Waals surface area contributed by atoms with Gasteiger partial charge in [0, 0.05) is 24.7 Å². The summed E-state index contributed by atoms with van der Waals surface area (Å²) in [6.07, 6.45) is 0. The average molecular weight is 324 g/mol. The fraction of sp³-hybridized carbons (Fsp3) is 0.533. The molecule has 1 amide bonds. The highest BCUT2D eigenvalue weighted by atomic mass is 32.2. The molecule has 0 unspecified atom stereocenters. The minimum atomic E-state index is -3.09. The van der Waals surface area contributed by atoms with Crippen LogP contribution in [0.3, 0.4) is 0 Å². The van der Waals surface area contributed by atoms with Crippen LogP contribution in [0.15, 0.2) is 24.3 Å². The Labute approximate surface area is 130 Å². The van der Waals surface area contributed by atoms with Crippen molar-refractivity contribution in [2.24, 2.45) is 0 Å². The second kappa shape index (κ2) is 5.64. The molecule has 2 fully saturated rings. The summed E-state index contributed by atoms with van der Waals surface area (Å²) in [6, 6.07) is 6.42. The molecule has 0 aromatic heterocycles. The molecule has 6 nitrogen and oxygen atoms in total. The van der Waals surface area contributed by atoms with Gasteiger partial charge in [-0.3, -0.25) is 9.69 Å². The van der Waals surface area contributed by atoms with Crippen LogP contribution in [0, 0.1) is 0 Å². The lowest BCUT2D eigenvalue weighted by Crippen LogP contribution is -2.59. The maximum atomic E-state index is 12.7. The quantitative estimate of drug-likeness (QED) is 0.810. The molecule has 2 saturated heterocycles. The molecule has 0 saturated carbocycles. The molecule has 22 heavy (non-hydrogen) atoms.